The lowest BCUT2D eigenvalue weighted by atomic mass is 10.0. The second-order valence-corrected chi connectivity index (χ2v) is 9.88. The van der Waals surface area contributed by atoms with Crippen molar-refractivity contribution in [1.29, 1.82) is 0 Å². The highest BCUT2D eigenvalue weighted by atomic mass is 32.1. The first-order valence-corrected chi connectivity index (χ1v) is 12.5. The van der Waals surface area contributed by atoms with E-state index < -0.39 is 12.1 Å². The lowest BCUT2D eigenvalue weighted by molar-refractivity contribution is 0.104. The minimum atomic E-state index is -1.03. The number of hydrogen-bond donors (Lipinski definition) is 3. The number of anilines is 1. The van der Waals surface area contributed by atoms with Crippen LogP contribution < -0.4 is 16.2 Å². The first kappa shape index (κ1) is 24.3. The van der Waals surface area contributed by atoms with E-state index in [2.05, 4.69) is 10.6 Å². The molecule has 5 rings (SSSR count). The third kappa shape index (κ3) is 4.83. The average Bonchev–Trinajstić information content (AvgIpc) is 3.48. The third-order valence-electron chi connectivity index (χ3n) is 6.28. The summed E-state index contributed by atoms with van der Waals surface area (Å²) in [5, 5.41) is 15.6. The maximum atomic E-state index is 13.7. The zero-order valence-corrected chi connectivity index (χ0v) is 20.7. The third-order valence-corrected chi connectivity index (χ3v) is 7.39. The van der Waals surface area contributed by atoms with Gasteiger partial charge in [0.15, 0.2) is 5.78 Å². The molecule has 10 heteroatoms. The largest absolute Gasteiger partial charge is 0.465 e. The Morgan fingerprint density at radius 2 is 1.81 bits per heavy atom. The molecule has 1 unspecified atom stereocenters. The van der Waals surface area contributed by atoms with Gasteiger partial charge in [-0.1, -0.05) is 53.3 Å². The van der Waals surface area contributed by atoms with E-state index in [-0.39, 0.29) is 23.9 Å². The number of benzene rings is 2. The summed E-state index contributed by atoms with van der Waals surface area (Å²) in [5.74, 6) is -0.276. The number of carboxylic acid groups (broad SMARTS) is 1. The highest BCUT2D eigenvalue weighted by molar-refractivity contribution is 7.23. The van der Waals surface area contributed by atoms with Gasteiger partial charge in [0.25, 0.3) is 5.56 Å². The van der Waals surface area contributed by atoms with E-state index in [1.54, 1.807) is 36.4 Å². The Bertz CT molecular complexity index is 1580. The second kappa shape index (κ2) is 9.90. The number of urea groups is 1. The molecule has 1 atom stereocenters. The normalized spacial score (nSPS) is 15.1. The molecule has 0 aliphatic carbocycles. The molecule has 0 spiro atoms. The van der Waals surface area contributed by atoms with Gasteiger partial charge >= 0.3 is 12.1 Å². The van der Waals surface area contributed by atoms with E-state index in [0.717, 1.165) is 16.9 Å². The number of rotatable bonds is 5. The van der Waals surface area contributed by atoms with Crippen molar-refractivity contribution < 1.29 is 19.5 Å². The van der Waals surface area contributed by atoms with Gasteiger partial charge in [0, 0.05) is 36.1 Å². The van der Waals surface area contributed by atoms with Crippen LogP contribution in [0.1, 0.15) is 27.9 Å². The van der Waals surface area contributed by atoms with Crippen LogP contribution in [0.25, 0.3) is 15.9 Å². The predicted octanol–water partition coefficient (Wildman–Crippen LogP) is 4.47. The van der Waals surface area contributed by atoms with Crippen molar-refractivity contribution in [3.05, 3.63) is 93.8 Å². The zero-order valence-electron chi connectivity index (χ0n) is 19.9. The Morgan fingerprint density at radius 1 is 1.03 bits per heavy atom. The fourth-order valence-electron chi connectivity index (χ4n) is 4.52. The van der Waals surface area contributed by atoms with Gasteiger partial charge in [0.2, 0.25) is 0 Å². The van der Waals surface area contributed by atoms with Crippen LogP contribution in [0.5, 0.6) is 0 Å². The summed E-state index contributed by atoms with van der Waals surface area (Å²) >= 11 is 1.14. The minimum absolute atomic E-state index is 0.192. The summed E-state index contributed by atoms with van der Waals surface area (Å²) in [5.41, 5.74) is 2.07. The molecular formula is C27H24N4O5S. The molecule has 9 nitrogen and oxygen atoms in total. The topological polar surface area (TPSA) is 121 Å². The maximum absolute atomic E-state index is 13.7. The standard InChI is InChI=1S/C27H24N4O5S/c1-16-6-5-7-17(14-16)23(33)22-20-10-11-21(32)31(19-8-3-2-4-9-19)25(20)37-24(22)29-26(34)28-18-12-13-30(15-18)27(35)36/h2-11,14,18H,12-13,15H2,1H3,(H,35,36)(H2,28,29,34). The molecule has 0 bridgehead atoms. The lowest BCUT2D eigenvalue weighted by Gasteiger charge is -2.14. The average molecular weight is 517 g/mol. The molecule has 188 valence electrons. The van der Waals surface area contributed by atoms with E-state index in [9.17, 15) is 24.3 Å². The molecule has 1 aliphatic rings. The Morgan fingerprint density at radius 3 is 2.51 bits per heavy atom. The van der Waals surface area contributed by atoms with Crippen molar-refractivity contribution >= 4 is 44.5 Å². The molecule has 1 aliphatic heterocycles. The summed E-state index contributed by atoms with van der Waals surface area (Å²) in [4.78, 5) is 52.6. The van der Waals surface area contributed by atoms with Gasteiger partial charge in [-0.2, -0.15) is 0 Å². The number of carbonyl (C=O) groups is 3. The Hall–Kier alpha value is -4.44. The summed E-state index contributed by atoms with van der Waals surface area (Å²) in [6.07, 6.45) is -0.534. The van der Waals surface area contributed by atoms with E-state index in [4.69, 9.17) is 0 Å². The first-order chi connectivity index (χ1) is 17.8. The minimum Gasteiger partial charge on any atom is -0.465 e. The molecule has 0 radical (unpaired) electrons. The summed E-state index contributed by atoms with van der Waals surface area (Å²) in [7, 11) is 0. The van der Waals surface area contributed by atoms with Crippen LogP contribution >= 0.6 is 11.3 Å². The van der Waals surface area contributed by atoms with E-state index in [0.29, 0.717) is 45.0 Å². The molecule has 37 heavy (non-hydrogen) atoms. The smallest absolute Gasteiger partial charge is 0.407 e. The van der Waals surface area contributed by atoms with Crippen LogP contribution in [0.4, 0.5) is 14.6 Å². The Labute approximate surface area is 216 Å². The number of pyridine rings is 1. The quantitative estimate of drug-likeness (QED) is 0.338. The van der Waals surface area contributed by atoms with Crippen molar-refractivity contribution in [2.45, 2.75) is 19.4 Å². The fraction of sp³-hybridized carbons (Fsp3) is 0.185. The van der Waals surface area contributed by atoms with E-state index in [1.165, 1.54) is 15.5 Å². The van der Waals surface area contributed by atoms with Crippen molar-refractivity contribution in [3.8, 4) is 5.69 Å². The number of amides is 3. The van der Waals surface area contributed by atoms with Gasteiger partial charge in [0.05, 0.1) is 11.3 Å². The highest BCUT2D eigenvalue weighted by Crippen LogP contribution is 2.37. The number of nitrogens with zero attached hydrogens (tertiary/aromatic N) is 2. The van der Waals surface area contributed by atoms with Gasteiger partial charge in [-0.3, -0.25) is 19.5 Å². The number of likely N-dealkylation sites (tertiary alicyclic amines) is 1. The van der Waals surface area contributed by atoms with Gasteiger partial charge in [-0.05, 0) is 37.6 Å². The molecule has 2 aromatic heterocycles. The Kier molecular flexibility index (Phi) is 6.49. The van der Waals surface area contributed by atoms with E-state index >= 15 is 0 Å². The van der Waals surface area contributed by atoms with Gasteiger partial charge in [-0.15, -0.1) is 0 Å². The lowest BCUT2D eigenvalue weighted by Crippen LogP contribution is -2.40. The Balaban J connectivity index is 1.57. The monoisotopic (exact) mass is 516 g/mol. The zero-order chi connectivity index (χ0) is 26.1. The molecule has 4 aromatic rings. The molecule has 1 fully saturated rings. The molecule has 0 saturated carbocycles. The summed E-state index contributed by atoms with van der Waals surface area (Å²) in [6, 6.07) is 18.4. The number of carbonyl (C=O) groups excluding carboxylic acids is 2. The molecule has 3 heterocycles. The molecule has 2 aromatic carbocycles. The number of ketones is 1. The predicted molar refractivity (Wildman–Crippen MR) is 142 cm³/mol. The number of thiophene rings is 1. The number of aryl methyl sites for hydroxylation is 1. The number of hydrogen-bond acceptors (Lipinski definition) is 5. The maximum Gasteiger partial charge on any atom is 0.407 e. The second-order valence-electron chi connectivity index (χ2n) is 8.88. The number of fused-ring (bicyclic) bond motifs is 1. The van der Waals surface area contributed by atoms with Gasteiger partial charge < -0.3 is 15.3 Å². The van der Waals surface area contributed by atoms with Crippen LogP contribution in [0.2, 0.25) is 0 Å². The van der Waals surface area contributed by atoms with Crippen LogP contribution in [-0.4, -0.2) is 51.6 Å². The van der Waals surface area contributed by atoms with Crippen LogP contribution in [0.3, 0.4) is 0 Å². The van der Waals surface area contributed by atoms with Gasteiger partial charge in [-0.25, -0.2) is 9.59 Å². The van der Waals surface area contributed by atoms with Gasteiger partial charge in [0.1, 0.15) is 9.83 Å². The van der Waals surface area contributed by atoms with Crippen LogP contribution in [0.15, 0.2) is 71.5 Å². The van der Waals surface area contributed by atoms with Crippen molar-refractivity contribution in [1.82, 2.24) is 14.8 Å². The van der Waals surface area contributed by atoms with Crippen LogP contribution in [-0.2, 0) is 0 Å². The number of para-hydroxylation sites is 1. The van der Waals surface area contributed by atoms with Crippen LogP contribution in [0, 0.1) is 6.92 Å². The highest BCUT2D eigenvalue weighted by Gasteiger charge is 2.28. The summed E-state index contributed by atoms with van der Waals surface area (Å²) in [6.45, 7) is 2.42. The number of nitrogens with one attached hydrogen (secondary N) is 2. The van der Waals surface area contributed by atoms with E-state index in [1.807, 2.05) is 31.2 Å². The first-order valence-electron chi connectivity index (χ1n) is 11.7. The molecule has 3 N–H and O–H groups in total. The number of aromatic nitrogens is 1. The van der Waals surface area contributed by atoms with Crippen molar-refractivity contribution in [2.75, 3.05) is 18.4 Å². The summed E-state index contributed by atoms with van der Waals surface area (Å²) < 4.78 is 1.53. The molecular weight excluding hydrogens is 492 g/mol. The molecule has 3 amide bonds. The van der Waals surface area contributed by atoms with Crippen molar-refractivity contribution in [2.24, 2.45) is 0 Å². The fourth-order valence-corrected chi connectivity index (χ4v) is 5.73. The van der Waals surface area contributed by atoms with Crippen molar-refractivity contribution in [3.63, 3.8) is 0 Å². The molecule has 1 saturated heterocycles. The SMILES string of the molecule is Cc1cccc(C(=O)c2c(NC(=O)NC3CCN(C(=O)O)C3)sc3c2ccc(=O)n3-c2ccccc2)c1.